The number of ether oxygens (including phenoxy) is 2. The summed E-state index contributed by atoms with van der Waals surface area (Å²) in [5, 5.41) is 50.2. The number of carbonyl (C=O) groups is 2. The summed E-state index contributed by atoms with van der Waals surface area (Å²) in [5.74, 6) is -1.12. The molecule has 1 fully saturated rings. The van der Waals surface area contributed by atoms with Crippen molar-refractivity contribution in [1.29, 1.82) is 0 Å². The Bertz CT molecular complexity index is 1270. The van der Waals surface area contributed by atoms with Crippen molar-refractivity contribution >= 4 is 19.8 Å². The van der Waals surface area contributed by atoms with E-state index >= 15 is 0 Å². The molecule has 0 heterocycles. The predicted octanol–water partition coefficient (Wildman–Crippen LogP) is 9.56. The molecule has 8 atom stereocenters. The van der Waals surface area contributed by atoms with Crippen LogP contribution in [0.1, 0.15) is 187 Å². The van der Waals surface area contributed by atoms with Crippen LogP contribution in [0.15, 0.2) is 48.6 Å². The minimum Gasteiger partial charge on any atom is -0.462 e. The molecule has 13 nitrogen and oxygen atoms in total. The molecule has 0 aromatic carbocycles. The SMILES string of the molecule is CCCC/C=C/C/C=C/CCCCCCCC(=O)OC[C@H](COP(=O)(O)OC1C(O)C(O)C(O)[C@H](O)C1O)OC(=O)CCCCCCCCCCC/C=C/C/C=C/CCCCC. The number of carbonyl (C=O) groups excluding carboxylic acids is 2. The maximum atomic E-state index is 12.8. The molecule has 0 radical (unpaired) electrons. The third-order valence-electron chi connectivity index (χ3n) is 10.9. The van der Waals surface area contributed by atoms with E-state index in [0.29, 0.717) is 12.8 Å². The fraction of sp³-hybridized carbons (Fsp3) is 0.792. The van der Waals surface area contributed by atoms with E-state index in [1.165, 1.54) is 64.2 Å². The zero-order valence-corrected chi connectivity index (χ0v) is 39.0. The first kappa shape index (κ1) is 57.8. The average molecular weight is 901 g/mol. The van der Waals surface area contributed by atoms with Crippen LogP contribution in [0.25, 0.3) is 0 Å². The molecule has 0 aromatic rings. The smallest absolute Gasteiger partial charge is 0.462 e. The summed E-state index contributed by atoms with van der Waals surface area (Å²) in [6.07, 6.45) is 31.6. The van der Waals surface area contributed by atoms with Crippen molar-refractivity contribution in [2.75, 3.05) is 13.2 Å². The number of aliphatic hydroxyl groups excluding tert-OH is 5. The van der Waals surface area contributed by atoms with E-state index in [-0.39, 0.29) is 12.8 Å². The van der Waals surface area contributed by atoms with Crippen molar-refractivity contribution in [2.45, 2.75) is 230 Å². The highest BCUT2D eigenvalue weighted by atomic mass is 31.2. The first-order chi connectivity index (χ1) is 29.9. The Morgan fingerprint density at radius 2 is 0.887 bits per heavy atom. The van der Waals surface area contributed by atoms with Gasteiger partial charge in [0.15, 0.2) is 6.10 Å². The zero-order chi connectivity index (χ0) is 45.7. The lowest BCUT2D eigenvalue weighted by atomic mass is 9.85. The van der Waals surface area contributed by atoms with Gasteiger partial charge in [-0.15, -0.1) is 0 Å². The molecule has 1 aliphatic rings. The summed E-state index contributed by atoms with van der Waals surface area (Å²) in [7, 11) is -5.12. The van der Waals surface area contributed by atoms with Gasteiger partial charge in [0.1, 0.15) is 43.2 Å². The highest BCUT2D eigenvalue weighted by Gasteiger charge is 2.51. The Hall–Kier alpha value is -2.19. The van der Waals surface area contributed by atoms with Crippen LogP contribution in [0.4, 0.5) is 0 Å². The number of hydrogen-bond donors (Lipinski definition) is 6. The molecule has 6 unspecified atom stereocenters. The van der Waals surface area contributed by atoms with Crippen LogP contribution in [-0.4, -0.2) is 98.3 Å². The maximum absolute atomic E-state index is 12.8. The highest BCUT2D eigenvalue weighted by Crippen LogP contribution is 2.47. The molecule has 0 bridgehead atoms. The van der Waals surface area contributed by atoms with Crippen LogP contribution >= 0.6 is 7.82 Å². The summed E-state index contributed by atoms with van der Waals surface area (Å²) >= 11 is 0. The van der Waals surface area contributed by atoms with Crippen molar-refractivity contribution in [3.05, 3.63) is 48.6 Å². The Kier molecular flexibility index (Phi) is 35.5. The molecule has 6 N–H and O–H groups in total. The van der Waals surface area contributed by atoms with E-state index < -0.39 is 75.7 Å². The van der Waals surface area contributed by atoms with Crippen molar-refractivity contribution in [3.63, 3.8) is 0 Å². The molecule has 1 saturated carbocycles. The summed E-state index contributed by atoms with van der Waals surface area (Å²) in [6.45, 7) is 3.22. The van der Waals surface area contributed by atoms with Crippen molar-refractivity contribution in [1.82, 2.24) is 0 Å². The number of unbranched alkanes of at least 4 members (excludes halogenated alkanes) is 19. The molecular formula is C48H85O13P. The van der Waals surface area contributed by atoms with Gasteiger partial charge in [-0.05, 0) is 70.6 Å². The Morgan fingerprint density at radius 1 is 0.500 bits per heavy atom. The number of phosphoric ester groups is 1. The number of rotatable bonds is 39. The molecule has 0 saturated heterocycles. The number of phosphoric acid groups is 1. The van der Waals surface area contributed by atoms with Gasteiger partial charge in [-0.1, -0.05) is 152 Å². The monoisotopic (exact) mass is 901 g/mol. The lowest BCUT2D eigenvalue weighted by Crippen LogP contribution is -2.64. The van der Waals surface area contributed by atoms with E-state index in [1.807, 2.05) is 0 Å². The summed E-state index contributed by atoms with van der Waals surface area (Å²) in [4.78, 5) is 35.7. The van der Waals surface area contributed by atoms with Gasteiger partial charge in [0.2, 0.25) is 0 Å². The summed E-state index contributed by atoms with van der Waals surface area (Å²) < 4.78 is 33.5. The second-order valence-corrected chi connectivity index (χ2v) is 18.0. The first-order valence-electron chi connectivity index (χ1n) is 23.9. The topological polar surface area (TPSA) is 210 Å². The van der Waals surface area contributed by atoms with Gasteiger partial charge in [-0.25, -0.2) is 4.57 Å². The van der Waals surface area contributed by atoms with Gasteiger partial charge in [-0.3, -0.25) is 18.6 Å². The van der Waals surface area contributed by atoms with E-state index in [2.05, 4.69) is 62.5 Å². The number of allylic oxidation sites excluding steroid dienone is 8. The fourth-order valence-corrected chi connectivity index (χ4v) is 7.95. The Morgan fingerprint density at radius 3 is 1.35 bits per heavy atom. The normalized spacial score (nSPS) is 22.3. The molecule has 62 heavy (non-hydrogen) atoms. The van der Waals surface area contributed by atoms with E-state index in [4.69, 9.17) is 18.5 Å². The molecule has 0 aliphatic heterocycles. The van der Waals surface area contributed by atoms with E-state index in [9.17, 15) is 44.6 Å². The highest BCUT2D eigenvalue weighted by molar-refractivity contribution is 7.47. The van der Waals surface area contributed by atoms with E-state index in [0.717, 1.165) is 83.5 Å². The van der Waals surface area contributed by atoms with Crippen molar-refractivity contribution in [3.8, 4) is 0 Å². The lowest BCUT2D eigenvalue weighted by molar-refractivity contribution is -0.220. The summed E-state index contributed by atoms with van der Waals surface area (Å²) in [6, 6.07) is 0. The standard InChI is InChI=1S/C48H85O13P/c1-3-5-7-9-11-13-15-17-19-20-21-22-23-25-27-29-31-33-35-37-42(50)60-40(39-59-62(56,57)61-48-46(54)44(52)43(51)45(53)47(48)55)38-58-41(49)36-34-32-30-28-26-24-18-16-14-12-10-8-6-4-2/h10-13,16-19,40,43-48,51-55H,3-9,14-15,20-39H2,1-2H3,(H,56,57)/b12-10+,13-11+,18-16+,19-17+/t40-,43?,44+,45?,46?,47?,48?/m1/s1. The third-order valence-corrected chi connectivity index (χ3v) is 11.9. The fourth-order valence-electron chi connectivity index (χ4n) is 6.98. The van der Waals surface area contributed by atoms with Gasteiger partial charge in [0, 0.05) is 12.8 Å². The molecule has 14 heteroatoms. The second kappa shape index (κ2) is 38.1. The maximum Gasteiger partial charge on any atom is 0.472 e. The number of esters is 2. The minimum absolute atomic E-state index is 0.0876. The molecule has 1 rings (SSSR count). The van der Waals surface area contributed by atoms with Gasteiger partial charge >= 0.3 is 19.8 Å². The van der Waals surface area contributed by atoms with Gasteiger partial charge in [0.05, 0.1) is 6.61 Å². The number of aliphatic hydroxyl groups is 5. The second-order valence-electron chi connectivity index (χ2n) is 16.6. The average Bonchev–Trinajstić information content (AvgIpc) is 3.25. The van der Waals surface area contributed by atoms with Crippen LogP contribution in [0.5, 0.6) is 0 Å². The van der Waals surface area contributed by atoms with Crippen LogP contribution in [0, 0.1) is 0 Å². The van der Waals surface area contributed by atoms with Gasteiger partial charge < -0.3 is 39.9 Å². The van der Waals surface area contributed by atoms with Gasteiger partial charge in [-0.2, -0.15) is 0 Å². The lowest BCUT2D eigenvalue weighted by Gasteiger charge is -2.41. The van der Waals surface area contributed by atoms with Crippen LogP contribution in [0.3, 0.4) is 0 Å². The van der Waals surface area contributed by atoms with Crippen molar-refractivity contribution in [2.24, 2.45) is 0 Å². The molecule has 0 spiro atoms. The van der Waals surface area contributed by atoms with Crippen LogP contribution < -0.4 is 0 Å². The van der Waals surface area contributed by atoms with Gasteiger partial charge in [0.25, 0.3) is 0 Å². The number of hydrogen-bond acceptors (Lipinski definition) is 12. The van der Waals surface area contributed by atoms with E-state index in [1.54, 1.807) is 0 Å². The minimum atomic E-state index is -5.12. The van der Waals surface area contributed by atoms with Crippen LogP contribution in [0.2, 0.25) is 0 Å². The Labute approximate surface area is 373 Å². The van der Waals surface area contributed by atoms with Crippen LogP contribution in [-0.2, 0) is 32.7 Å². The van der Waals surface area contributed by atoms with Crippen molar-refractivity contribution < 1.29 is 63.1 Å². The third kappa shape index (κ3) is 30.0. The molecule has 0 amide bonds. The predicted molar refractivity (Wildman–Crippen MR) is 244 cm³/mol. The Balaban J connectivity index is 2.44. The quantitative estimate of drug-likeness (QED) is 0.0147. The zero-order valence-electron chi connectivity index (χ0n) is 38.2. The molecule has 0 aromatic heterocycles. The molecule has 1 aliphatic carbocycles. The molecule has 360 valence electrons. The summed E-state index contributed by atoms with van der Waals surface area (Å²) in [5.41, 5.74) is 0. The largest absolute Gasteiger partial charge is 0.472 e. The molecular weight excluding hydrogens is 815 g/mol. The first-order valence-corrected chi connectivity index (χ1v) is 25.4.